The Hall–Kier alpha value is -1.23. The summed E-state index contributed by atoms with van der Waals surface area (Å²) in [6, 6.07) is 0. The smallest absolute Gasteiger partial charge is 0.139 e. The maximum absolute atomic E-state index is 13.0. The van der Waals surface area contributed by atoms with Gasteiger partial charge < -0.3 is 15.3 Å². The van der Waals surface area contributed by atoms with Crippen LogP contribution in [-0.2, 0) is 4.79 Å². The van der Waals surface area contributed by atoms with Gasteiger partial charge in [-0.05, 0) is 105 Å². The van der Waals surface area contributed by atoms with Crippen LogP contribution in [0.1, 0.15) is 136 Å². The number of aliphatic hydroxyl groups is 3. The average Bonchev–Trinajstić information content (AvgIpc) is 3.64. The number of allylic oxidation sites excluding steroid dienone is 3. The SMILES string of the molecule is C=C1C(=CC=C2CCC[C@]3(C)[C@@H]([C@H](C)[C@H](O)CCC4(C(=O)CCCCCCCC)CC4)CC[C@@H]23)C[C@@H](O)C[C@@H]1O. The van der Waals surface area contributed by atoms with E-state index < -0.39 is 12.2 Å². The van der Waals surface area contributed by atoms with Gasteiger partial charge in [-0.25, -0.2) is 0 Å². The molecule has 4 heteroatoms. The van der Waals surface area contributed by atoms with Crippen molar-refractivity contribution in [1.82, 2.24) is 0 Å². The number of carbonyl (C=O) groups is 1. The first-order chi connectivity index (χ1) is 19.1. The fraction of sp³-hybridized carbons (Fsp3) is 0.806. The lowest BCUT2D eigenvalue weighted by Crippen LogP contribution is -2.39. The minimum atomic E-state index is -0.649. The number of Topliss-reactive ketones (excluding diaryl/α,β-unsaturated/α-hetero) is 1. The third-order valence-electron chi connectivity index (χ3n) is 11.7. The van der Waals surface area contributed by atoms with Gasteiger partial charge in [0.25, 0.3) is 0 Å². The van der Waals surface area contributed by atoms with Gasteiger partial charge >= 0.3 is 0 Å². The molecule has 0 aromatic rings. The van der Waals surface area contributed by atoms with Crippen molar-refractivity contribution in [3.8, 4) is 0 Å². The molecule has 3 N–H and O–H groups in total. The summed E-state index contributed by atoms with van der Waals surface area (Å²) in [5, 5.41) is 31.8. The molecule has 0 saturated heterocycles. The molecular weight excluding hydrogens is 496 g/mol. The highest BCUT2D eigenvalue weighted by Gasteiger charge is 2.53. The van der Waals surface area contributed by atoms with E-state index in [1.54, 1.807) is 0 Å². The minimum Gasteiger partial charge on any atom is -0.393 e. The van der Waals surface area contributed by atoms with E-state index in [-0.39, 0.29) is 22.9 Å². The lowest BCUT2D eigenvalue weighted by molar-refractivity contribution is -0.124. The van der Waals surface area contributed by atoms with Crippen molar-refractivity contribution in [3.05, 3.63) is 35.5 Å². The van der Waals surface area contributed by atoms with Crippen LogP contribution in [-0.4, -0.2) is 39.4 Å². The van der Waals surface area contributed by atoms with Crippen LogP contribution in [0.15, 0.2) is 35.5 Å². The molecule has 0 radical (unpaired) electrons. The topological polar surface area (TPSA) is 77.8 Å². The summed E-state index contributed by atoms with van der Waals surface area (Å²) >= 11 is 0. The minimum absolute atomic E-state index is 0.120. The summed E-state index contributed by atoms with van der Waals surface area (Å²) in [6.07, 6.45) is 21.3. The first-order valence-electron chi connectivity index (χ1n) is 16.8. The molecule has 0 amide bonds. The van der Waals surface area contributed by atoms with Crippen molar-refractivity contribution in [2.45, 2.75) is 155 Å². The van der Waals surface area contributed by atoms with Crippen LogP contribution in [0.2, 0.25) is 0 Å². The molecule has 4 saturated carbocycles. The zero-order valence-corrected chi connectivity index (χ0v) is 25.8. The molecule has 0 aromatic carbocycles. The van der Waals surface area contributed by atoms with E-state index in [0.29, 0.717) is 30.5 Å². The fourth-order valence-electron chi connectivity index (χ4n) is 8.71. The van der Waals surface area contributed by atoms with E-state index in [0.717, 1.165) is 62.5 Å². The highest BCUT2D eigenvalue weighted by atomic mass is 16.3. The van der Waals surface area contributed by atoms with Gasteiger partial charge in [0.15, 0.2) is 0 Å². The maximum atomic E-state index is 13.0. The van der Waals surface area contributed by atoms with E-state index in [1.807, 2.05) is 0 Å². The Morgan fingerprint density at radius 2 is 1.80 bits per heavy atom. The van der Waals surface area contributed by atoms with Gasteiger partial charge in [-0.2, -0.15) is 0 Å². The van der Waals surface area contributed by atoms with Gasteiger partial charge in [0, 0.05) is 18.3 Å². The molecular formula is C36H58O4. The molecule has 0 aliphatic heterocycles. The van der Waals surface area contributed by atoms with Crippen molar-refractivity contribution in [3.63, 3.8) is 0 Å². The molecule has 0 aromatic heterocycles. The Morgan fingerprint density at radius 3 is 2.52 bits per heavy atom. The number of unbranched alkanes of at least 4 members (excludes halogenated alkanes) is 5. The number of rotatable bonds is 14. The van der Waals surface area contributed by atoms with E-state index in [4.69, 9.17) is 0 Å². The summed E-state index contributed by atoms with van der Waals surface area (Å²) in [6.45, 7) is 11.0. The van der Waals surface area contributed by atoms with Gasteiger partial charge in [0.2, 0.25) is 0 Å². The van der Waals surface area contributed by atoms with Crippen LogP contribution >= 0.6 is 0 Å². The predicted octanol–water partition coefficient (Wildman–Crippen LogP) is 8.00. The number of hydrogen-bond donors (Lipinski definition) is 3. The van der Waals surface area contributed by atoms with E-state index in [2.05, 4.69) is 39.5 Å². The number of carbonyl (C=O) groups excluding carboxylic acids is 1. The second kappa shape index (κ2) is 13.8. The summed E-state index contributed by atoms with van der Waals surface area (Å²) < 4.78 is 0. The summed E-state index contributed by atoms with van der Waals surface area (Å²) in [7, 11) is 0. The van der Waals surface area contributed by atoms with Crippen LogP contribution in [0, 0.1) is 28.6 Å². The standard InChI is InChI=1S/C36H58O4/c1-5-6-7-8-9-10-13-34(40)36(21-22-36)20-18-32(38)26(3)30-16-17-31-27(12-11-19-35(30,31)4)14-15-28-23-29(37)24-33(39)25(28)2/h14-15,26,29-33,37-39H,2,5-13,16-24H2,1,3-4H3/t26-,29+,30+,31-,32+,33-,35+/m0/s1. The van der Waals surface area contributed by atoms with E-state index >= 15 is 0 Å². The quantitative estimate of drug-likeness (QED) is 0.190. The van der Waals surface area contributed by atoms with Gasteiger partial charge in [-0.1, -0.05) is 77.2 Å². The monoisotopic (exact) mass is 554 g/mol. The third-order valence-corrected chi connectivity index (χ3v) is 11.7. The van der Waals surface area contributed by atoms with Gasteiger partial charge in [-0.15, -0.1) is 0 Å². The Balaban J connectivity index is 1.31. The molecule has 4 aliphatic rings. The Labute approximate surface area is 244 Å². The van der Waals surface area contributed by atoms with Gasteiger partial charge in [0.05, 0.1) is 18.3 Å². The second-order valence-corrected chi connectivity index (χ2v) is 14.4. The largest absolute Gasteiger partial charge is 0.393 e. The number of fused-ring (bicyclic) bond motifs is 1. The highest BCUT2D eigenvalue weighted by molar-refractivity contribution is 5.87. The molecule has 4 aliphatic carbocycles. The lowest BCUT2D eigenvalue weighted by atomic mass is 9.60. The average molecular weight is 555 g/mol. The van der Waals surface area contributed by atoms with Crippen molar-refractivity contribution in [2.75, 3.05) is 0 Å². The van der Waals surface area contributed by atoms with Crippen LogP contribution in [0.3, 0.4) is 0 Å². The molecule has 4 fully saturated rings. The Morgan fingerprint density at radius 1 is 1.07 bits per heavy atom. The zero-order valence-electron chi connectivity index (χ0n) is 25.8. The Kier molecular flexibility index (Phi) is 11.0. The lowest BCUT2D eigenvalue weighted by Gasteiger charge is -2.45. The number of hydrogen-bond acceptors (Lipinski definition) is 4. The third kappa shape index (κ3) is 7.21. The van der Waals surface area contributed by atoms with Crippen LogP contribution in [0.5, 0.6) is 0 Å². The maximum Gasteiger partial charge on any atom is 0.139 e. The van der Waals surface area contributed by atoms with E-state index in [9.17, 15) is 20.1 Å². The molecule has 0 unspecified atom stereocenters. The van der Waals surface area contributed by atoms with Crippen LogP contribution < -0.4 is 0 Å². The first kappa shape index (κ1) is 31.7. The van der Waals surface area contributed by atoms with Gasteiger partial charge in [0.1, 0.15) is 5.78 Å². The van der Waals surface area contributed by atoms with Gasteiger partial charge in [-0.3, -0.25) is 4.79 Å². The van der Waals surface area contributed by atoms with Crippen molar-refractivity contribution in [2.24, 2.45) is 28.6 Å². The first-order valence-corrected chi connectivity index (χ1v) is 16.8. The Bertz CT molecular complexity index is 942. The molecule has 0 heterocycles. The summed E-state index contributed by atoms with van der Waals surface area (Å²) in [5.74, 6) is 1.72. The molecule has 0 spiro atoms. The van der Waals surface area contributed by atoms with Crippen molar-refractivity contribution < 1.29 is 20.1 Å². The molecule has 40 heavy (non-hydrogen) atoms. The van der Waals surface area contributed by atoms with Crippen LogP contribution in [0.4, 0.5) is 0 Å². The predicted molar refractivity (Wildman–Crippen MR) is 164 cm³/mol. The zero-order chi connectivity index (χ0) is 28.9. The second-order valence-electron chi connectivity index (χ2n) is 14.4. The summed E-state index contributed by atoms with van der Waals surface area (Å²) in [5.41, 5.74) is 3.29. The van der Waals surface area contributed by atoms with Crippen LogP contribution in [0.25, 0.3) is 0 Å². The normalized spacial score (nSPS) is 35.1. The number of ketones is 1. The fourth-order valence-corrected chi connectivity index (χ4v) is 8.71. The molecule has 4 rings (SSSR count). The van der Waals surface area contributed by atoms with Crippen molar-refractivity contribution >= 4 is 5.78 Å². The molecule has 4 nitrogen and oxygen atoms in total. The molecule has 7 atom stereocenters. The molecule has 0 bridgehead atoms. The number of aliphatic hydroxyl groups excluding tert-OH is 3. The molecule has 226 valence electrons. The van der Waals surface area contributed by atoms with E-state index in [1.165, 1.54) is 56.9 Å². The summed E-state index contributed by atoms with van der Waals surface area (Å²) in [4.78, 5) is 13.0. The highest BCUT2D eigenvalue weighted by Crippen LogP contribution is 2.60. The van der Waals surface area contributed by atoms with Crippen molar-refractivity contribution in [1.29, 1.82) is 0 Å².